The summed E-state index contributed by atoms with van der Waals surface area (Å²) in [4.78, 5) is 28.5. The number of pyridine rings is 1. The number of aryl methyl sites for hydroxylation is 3. The molecular weight excluding hydrogens is 599 g/mol. The topological polar surface area (TPSA) is 90.2 Å². The minimum absolute atomic E-state index is 0.144. The van der Waals surface area contributed by atoms with E-state index in [1.54, 1.807) is 60.2 Å². The number of methoxy groups -OCH3 is 1. The van der Waals surface area contributed by atoms with Gasteiger partial charge < -0.3 is 28.8 Å². The molecule has 1 heterocycles. The number of carbonyl (C=O) groups excluding carboxylic acids is 1. The van der Waals surface area contributed by atoms with Gasteiger partial charge in [0.25, 0.3) is 5.56 Å². The third-order valence-corrected chi connectivity index (χ3v) is 9.71. The summed E-state index contributed by atoms with van der Waals surface area (Å²) in [7, 11) is 3.37. The van der Waals surface area contributed by atoms with Gasteiger partial charge >= 0.3 is 0 Å². The average Bonchev–Trinajstić information content (AvgIpc) is 3.77. The van der Waals surface area contributed by atoms with Crippen LogP contribution in [0, 0.1) is 25.1 Å². The fraction of sp³-hybridized carbons (Fsp3) is 0.526. The summed E-state index contributed by atoms with van der Waals surface area (Å²) in [6, 6.07) is 9.97. The van der Waals surface area contributed by atoms with E-state index >= 15 is 0 Å². The molecule has 0 aliphatic heterocycles. The molecular formula is C38H49FN2O6. The molecule has 2 aliphatic carbocycles. The zero-order chi connectivity index (χ0) is 34.1. The fourth-order valence-corrected chi connectivity index (χ4v) is 6.52. The number of aliphatic hydroxyl groups is 1. The van der Waals surface area contributed by atoms with E-state index in [0.717, 1.165) is 44.9 Å². The standard InChI is InChI=1S/C38H49FN2O6/c1-24-19-27(39)20-25(2)35(24)47-32-14-9-26(37(3,4)44)21-30(32)31-23-40(6)34(42)22-33(31)46-29-12-10-28(11-13-29)41(17-8-18-45-7)36(43)38(5)15-16-38/h9,14,19-23,28-29,44H,8,10-13,15-18H2,1-7H3/t28-,29-. The van der Waals surface area contributed by atoms with Crippen LogP contribution in [0.25, 0.3) is 11.1 Å². The monoisotopic (exact) mass is 648 g/mol. The SMILES string of the molecule is COCCCN(C(=O)C1(C)CC1)[C@H]1CC[C@H](Oc2cc(=O)n(C)cc2-c2cc(C(C)(C)O)ccc2Oc2c(C)cc(F)cc2C)CC1. The first-order valence-electron chi connectivity index (χ1n) is 16.7. The van der Waals surface area contributed by atoms with E-state index in [9.17, 15) is 19.1 Å². The molecule has 2 saturated carbocycles. The summed E-state index contributed by atoms with van der Waals surface area (Å²) in [6.45, 7) is 10.4. The Morgan fingerprint density at radius 2 is 1.70 bits per heavy atom. The first-order valence-corrected chi connectivity index (χ1v) is 16.7. The van der Waals surface area contributed by atoms with Crippen LogP contribution in [0.1, 0.15) is 82.4 Å². The van der Waals surface area contributed by atoms with Crippen LogP contribution in [0.2, 0.25) is 0 Å². The van der Waals surface area contributed by atoms with Crippen molar-refractivity contribution < 1.29 is 28.5 Å². The number of aromatic nitrogens is 1. The number of ether oxygens (including phenoxy) is 3. The van der Waals surface area contributed by atoms with Crippen LogP contribution in [0.15, 0.2) is 47.4 Å². The Morgan fingerprint density at radius 1 is 1.04 bits per heavy atom. The first-order chi connectivity index (χ1) is 22.2. The maximum Gasteiger partial charge on any atom is 0.254 e. The minimum atomic E-state index is -1.14. The van der Waals surface area contributed by atoms with E-state index < -0.39 is 5.60 Å². The zero-order valence-corrected chi connectivity index (χ0v) is 28.8. The molecule has 0 atom stereocenters. The lowest BCUT2D eigenvalue weighted by molar-refractivity contribution is -0.140. The molecule has 1 amide bonds. The Kier molecular flexibility index (Phi) is 10.2. The lowest BCUT2D eigenvalue weighted by Gasteiger charge is -2.38. The number of nitrogens with zero attached hydrogens (tertiary/aromatic N) is 2. The molecule has 8 nitrogen and oxygen atoms in total. The smallest absolute Gasteiger partial charge is 0.254 e. The predicted molar refractivity (Wildman–Crippen MR) is 181 cm³/mol. The second-order valence-electron chi connectivity index (χ2n) is 14.2. The average molecular weight is 649 g/mol. The number of hydrogen-bond donors (Lipinski definition) is 1. The maximum absolute atomic E-state index is 14.1. The third-order valence-electron chi connectivity index (χ3n) is 9.71. The van der Waals surface area contributed by atoms with E-state index in [0.29, 0.717) is 58.2 Å². The Labute approximate surface area is 277 Å². The second-order valence-corrected chi connectivity index (χ2v) is 14.2. The Bertz CT molecular complexity index is 1640. The lowest BCUT2D eigenvalue weighted by atomic mass is 9.90. The molecule has 0 radical (unpaired) electrons. The van der Waals surface area contributed by atoms with Crippen LogP contribution in [-0.4, -0.2) is 52.9 Å². The molecule has 1 N–H and O–H groups in total. The van der Waals surface area contributed by atoms with Gasteiger partial charge in [0, 0.05) is 62.2 Å². The molecule has 2 aromatic carbocycles. The van der Waals surface area contributed by atoms with Crippen molar-refractivity contribution in [2.24, 2.45) is 12.5 Å². The maximum atomic E-state index is 14.1. The van der Waals surface area contributed by atoms with Gasteiger partial charge in [-0.05, 0) is 114 Å². The van der Waals surface area contributed by atoms with Gasteiger partial charge in [-0.25, -0.2) is 4.39 Å². The van der Waals surface area contributed by atoms with E-state index in [1.165, 1.54) is 22.8 Å². The fourth-order valence-electron chi connectivity index (χ4n) is 6.52. The van der Waals surface area contributed by atoms with Crippen molar-refractivity contribution in [1.82, 2.24) is 9.47 Å². The van der Waals surface area contributed by atoms with Crippen molar-refractivity contribution in [3.63, 3.8) is 0 Å². The van der Waals surface area contributed by atoms with Crippen molar-refractivity contribution >= 4 is 5.91 Å². The molecule has 47 heavy (non-hydrogen) atoms. The summed E-state index contributed by atoms with van der Waals surface area (Å²) in [5.74, 6) is 1.37. The number of amides is 1. The van der Waals surface area contributed by atoms with E-state index in [1.807, 2.05) is 6.07 Å². The molecule has 2 aliphatic rings. The zero-order valence-electron chi connectivity index (χ0n) is 28.8. The van der Waals surface area contributed by atoms with Gasteiger partial charge in [0.2, 0.25) is 5.91 Å². The number of benzene rings is 2. The molecule has 0 spiro atoms. The van der Waals surface area contributed by atoms with Crippen molar-refractivity contribution in [1.29, 1.82) is 0 Å². The van der Waals surface area contributed by atoms with Gasteiger partial charge in [-0.2, -0.15) is 0 Å². The second kappa shape index (κ2) is 13.8. The van der Waals surface area contributed by atoms with Crippen LogP contribution in [0.4, 0.5) is 4.39 Å². The molecule has 5 rings (SSSR count). The number of hydrogen-bond acceptors (Lipinski definition) is 6. The van der Waals surface area contributed by atoms with Crippen molar-refractivity contribution in [2.45, 2.75) is 97.3 Å². The predicted octanol–water partition coefficient (Wildman–Crippen LogP) is 7.18. The Balaban J connectivity index is 1.44. The number of carbonyl (C=O) groups is 1. The molecule has 0 saturated heterocycles. The molecule has 0 unspecified atom stereocenters. The van der Waals surface area contributed by atoms with Crippen LogP contribution in [0.5, 0.6) is 17.2 Å². The molecule has 1 aromatic heterocycles. The van der Waals surface area contributed by atoms with Crippen molar-refractivity contribution in [3.05, 3.63) is 75.5 Å². The van der Waals surface area contributed by atoms with Crippen molar-refractivity contribution in [3.8, 4) is 28.4 Å². The highest BCUT2D eigenvalue weighted by Crippen LogP contribution is 2.48. The molecule has 254 valence electrons. The van der Waals surface area contributed by atoms with Gasteiger partial charge in [-0.15, -0.1) is 0 Å². The molecule has 3 aromatic rings. The molecule has 2 fully saturated rings. The van der Waals surface area contributed by atoms with Gasteiger partial charge in [0.05, 0.1) is 11.7 Å². The summed E-state index contributed by atoms with van der Waals surface area (Å²) >= 11 is 0. The van der Waals surface area contributed by atoms with Gasteiger partial charge in [0.15, 0.2) is 0 Å². The summed E-state index contributed by atoms with van der Waals surface area (Å²) < 4.78 is 34.0. The van der Waals surface area contributed by atoms with E-state index in [-0.39, 0.29) is 34.8 Å². The minimum Gasteiger partial charge on any atom is -0.490 e. The Morgan fingerprint density at radius 3 is 2.30 bits per heavy atom. The van der Waals surface area contributed by atoms with Gasteiger partial charge in [-0.1, -0.05) is 13.0 Å². The normalized spacial score (nSPS) is 18.9. The van der Waals surface area contributed by atoms with E-state index in [4.69, 9.17) is 14.2 Å². The van der Waals surface area contributed by atoms with Crippen LogP contribution in [-0.2, 0) is 22.2 Å². The molecule has 9 heteroatoms. The highest BCUT2D eigenvalue weighted by Gasteiger charge is 2.48. The number of rotatable bonds is 12. The van der Waals surface area contributed by atoms with E-state index in [2.05, 4.69) is 11.8 Å². The lowest BCUT2D eigenvalue weighted by Crippen LogP contribution is -2.47. The van der Waals surface area contributed by atoms with Gasteiger partial charge in [-0.3, -0.25) is 9.59 Å². The Hall–Kier alpha value is -3.69. The van der Waals surface area contributed by atoms with Gasteiger partial charge in [0.1, 0.15) is 23.1 Å². The largest absolute Gasteiger partial charge is 0.490 e. The first kappa shape index (κ1) is 34.6. The molecule has 0 bridgehead atoms. The summed E-state index contributed by atoms with van der Waals surface area (Å²) in [6.07, 6.45) is 7.38. The van der Waals surface area contributed by atoms with Crippen molar-refractivity contribution in [2.75, 3.05) is 20.3 Å². The van der Waals surface area contributed by atoms with Crippen LogP contribution in [0.3, 0.4) is 0 Å². The van der Waals surface area contributed by atoms with Crippen LogP contribution < -0.4 is 15.0 Å². The number of halogens is 1. The summed E-state index contributed by atoms with van der Waals surface area (Å²) in [5, 5.41) is 10.9. The third kappa shape index (κ3) is 7.90. The van der Waals surface area contributed by atoms with Crippen LogP contribution >= 0.6 is 0 Å². The highest BCUT2D eigenvalue weighted by atomic mass is 19.1. The summed E-state index contributed by atoms with van der Waals surface area (Å²) in [5.41, 5.74) is 1.66. The quantitative estimate of drug-likeness (QED) is 0.209. The highest BCUT2D eigenvalue weighted by molar-refractivity contribution is 5.85.